The van der Waals surface area contributed by atoms with Gasteiger partial charge >= 0.3 is 0 Å². The third-order valence-electron chi connectivity index (χ3n) is 4.47. The molecule has 2 aromatic rings. The second kappa shape index (κ2) is 7.84. The number of aliphatic hydroxyl groups is 1. The van der Waals surface area contributed by atoms with Gasteiger partial charge in [-0.1, -0.05) is 6.07 Å². The van der Waals surface area contributed by atoms with E-state index in [9.17, 15) is 26.9 Å². The maximum atomic E-state index is 12.3. The lowest BCUT2D eigenvalue weighted by atomic mass is 9.94. The van der Waals surface area contributed by atoms with E-state index in [0.717, 1.165) is 6.26 Å². The van der Waals surface area contributed by atoms with E-state index in [1.807, 2.05) is 0 Å². The molecule has 2 aromatic carbocycles. The van der Waals surface area contributed by atoms with Crippen LogP contribution in [0.25, 0.3) is 10.8 Å². The van der Waals surface area contributed by atoms with E-state index < -0.39 is 37.6 Å². The predicted molar refractivity (Wildman–Crippen MR) is 105 cm³/mol. The number of hydrogen-bond donors (Lipinski definition) is 3. The summed E-state index contributed by atoms with van der Waals surface area (Å²) in [7, 11) is -7.63. The van der Waals surface area contributed by atoms with Gasteiger partial charge in [0.15, 0.2) is 0 Å². The minimum atomic E-state index is -3.97. The van der Waals surface area contributed by atoms with Crippen LogP contribution in [0.5, 0.6) is 0 Å². The fraction of sp³-hybridized carbons (Fsp3) is 0.375. The molecule has 1 unspecified atom stereocenters. The van der Waals surface area contributed by atoms with Gasteiger partial charge < -0.3 is 10.4 Å². The highest BCUT2D eigenvalue weighted by Crippen LogP contribution is 2.42. The number of hydrogen-bond acceptors (Lipinski definition) is 9. The number of benzene rings is 2. The highest BCUT2D eigenvalue weighted by atomic mass is 32.2. The summed E-state index contributed by atoms with van der Waals surface area (Å²) in [4.78, 5) is 10.8. The zero-order chi connectivity index (χ0) is 21.4. The Morgan fingerprint density at radius 1 is 1.28 bits per heavy atom. The van der Waals surface area contributed by atoms with Crippen LogP contribution in [0, 0.1) is 10.1 Å². The van der Waals surface area contributed by atoms with Crippen molar-refractivity contribution in [2.24, 2.45) is 0 Å². The molecule has 0 spiro atoms. The van der Waals surface area contributed by atoms with Crippen LogP contribution in [0.1, 0.15) is 11.5 Å². The molecular formula is C16H19N3O8S2. The lowest BCUT2D eigenvalue weighted by Gasteiger charge is -2.14. The first-order chi connectivity index (χ1) is 13.5. The molecule has 13 heteroatoms. The Hall–Kier alpha value is -2.32. The van der Waals surface area contributed by atoms with Crippen molar-refractivity contribution in [2.45, 2.75) is 10.8 Å². The van der Waals surface area contributed by atoms with E-state index in [-0.39, 0.29) is 29.1 Å². The van der Waals surface area contributed by atoms with Gasteiger partial charge in [-0.05, 0) is 23.1 Å². The summed E-state index contributed by atoms with van der Waals surface area (Å²) in [6.07, 6.45) is 0.931. The molecule has 11 nitrogen and oxygen atoms in total. The van der Waals surface area contributed by atoms with Gasteiger partial charge in [-0.25, -0.2) is 13.1 Å². The Morgan fingerprint density at radius 3 is 2.62 bits per heavy atom. The van der Waals surface area contributed by atoms with Gasteiger partial charge in [0, 0.05) is 30.8 Å². The fourth-order valence-electron chi connectivity index (χ4n) is 3.26. The van der Waals surface area contributed by atoms with Crippen molar-refractivity contribution in [1.29, 1.82) is 0 Å². The molecule has 158 valence electrons. The normalized spacial score (nSPS) is 16.6. The topological polar surface area (TPSA) is 165 Å². The van der Waals surface area contributed by atoms with Crippen molar-refractivity contribution in [1.82, 2.24) is 4.72 Å². The van der Waals surface area contributed by atoms with Gasteiger partial charge in [-0.15, -0.1) is 0 Å². The maximum absolute atomic E-state index is 12.3. The second-order valence-corrected chi connectivity index (χ2v) is 9.92. The van der Waals surface area contributed by atoms with Crippen LogP contribution in [0.4, 0.5) is 11.4 Å². The number of sulfonamides is 1. The molecule has 0 bridgehead atoms. The van der Waals surface area contributed by atoms with Crippen LogP contribution in [-0.2, 0) is 24.3 Å². The smallest absolute Gasteiger partial charge is 0.279 e. The molecule has 0 saturated heterocycles. The number of nitrogens with one attached hydrogen (secondary N) is 2. The summed E-state index contributed by atoms with van der Waals surface area (Å²) in [5.74, 6) is -0.391. The molecule has 1 aliphatic rings. The summed E-state index contributed by atoms with van der Waals surface area (Å²) in [5, 5.41) is 23.9. The number of rotatable bonds is 8. The number of fused-ring (bicyclic) bond motifs is 3. The van der Waals surface area contributed by atoms with Gasteiger partial charge in [0.05, 0.1) is 34.7 Å². The van der Waals surface area contributed by atoms with E-state index >= 15 is 0 Å². The monoisotopic (exact) mass is 445 g/mol. The van der Waals surface area contributed by atoms with Crippen LogP contribution in [0.2, 0.25) is 0 Å². The number of nitro benzene ring substituents is 1. The molecule has 3 rings (SSSR count). The van der Waals surface area contributed by atoms with Crippen molar-refractivity contribution < 1.29 is 31.0 Å². The minimum Gasteiger partial charge on any atom is -0.395 e. The highest BCUT2D eigenvalue weighted by molar-refractivity contribution is 7.89. The largest absolute Gasteiger partial charge is 0.395 e. The fourth-order valence-corrected chi connectivity index (χ4v) is 4.72. The van der Waals surface area contributed by atoms with Gasteiger partial charge in [-0.2, -0.15) is 8.42 Å². The van der Waals surface area contributed by atoms with Gasteiger partial charge in [0.1, 0.15) is 0 Å². The molecule has 29 heavy (non-hydrogen) atoms. The van der Waals surface area contributed by atoms with Crippen LogP contribution >= 0.6 is 0 Å². The summed E-state index contributed by atoms with van der Waals surface area (Å²) in [6.45, 7) is -0.418. The number of non-ortho nitro benzene ring substituents is 1. The van der Waals surface area contributed by atoms with Crippen molar-refractivity contribution in [3.05, 3.63) is 39.9 Å². The zero-order valence-corrected chi connectivity index (χ0v) is 16.9. The summed E-state index contributed by atoms with van der Waals surface area (Å²) in [5.41, 5.74) is 0.817. The van der Waals surface area contributed by atoms with E-state index in [1.54, 1.807) is 0 Å². The molecule has 0 aliphatic carbocycles. The number of anilines is 1. The first kappa shape index (κ1) is 21.4. The lowest BCUT2D eigenvalue weighted by Crippen LogP contribution is -2.26. The first-order valence-electron chi connectivity index (χ1n) is 8.47. The molecule has 1 atom stereocenters. The lowest BCUT2D eigenvalue weighted by molar-refractivity contribution is -0.383. The summed E-state index contributed by atoms with van der Waals surface area (Å²) in [6, 6.07) is 5.25. The van der Waals surface area contributed by atoms with E-state index in [2.05, 4.69) is 10.0 Å². The van der Waals surface area contributed by atoms with Crippen molar-refractivity contribution in [3.63, 3.8) is 0 Å². The Bertz CT molecular complexity index is 1180. The molecule has 0 radical (unpaired) electrons. The Labute approximate surface area is 167 Å². The SMILES string of the molecule is CS(=O)(=O)OCC1CNc2cc([N+](=O)[O-])c3cc(S(=O)(=O)NCCO)ccc3c21. The van der Waals surface area contributed by atoms with Gasteiger partial charge in [0.25, 0.3) is 15.8 Å². The number of aliphatic hydroxyl groups excluding tert-OH is 1. The Balaban J connectivity index is 2.15. The molecule has 3 N–H and O–H groups in total. The average molecular weight is 445 g/mol. The van der Waals surface area contributed by atoms with E-state index in [1.165, 1.54) is 24.3 Å². The Morgan fingerprint density at radius 2 is 2.00 bits per heavy atom. The standard InChI is InChI=1S/C16H19N3O8S2/c1-28(23,24)27-9-10-8-17-14-7-15(19(21)22)13-6-11(2-3-12(13)16(10)14)29(25,26)18-4-5-20/h2-3,6-7,10,17-18,20H,4-5,8-9H2,1H3. The predicted octanol–water partition coefficient (Wildman–Crippen LogP) is 0.504. The van der Waals surface area contributed by atoms with Crippen LogP contribution in [-0.4, -0.2) is 59.4 Å². The van der Waals surface area contributed by atoms with Crippen LogP contribution in [0.15, 0.2) is 29.2 Å². The molecule has 1 heterocycles. The van der Waals surface area contributed by atoms with Crippen molar-refractivity contribution in [2.75, 3.05) is 37.9 Å². The van der Waals surface area contributed by atoms with E-state index in [4.69, 9.17) is 9.29 Å². The highest BCUT2D eigenvalue weighted by Gasteiger charge is 2.30. The molecule has 0 amide bonds. The zero-order valence-electron chi connectivity index (χ0n) is 15.3. The minimum absolute atomic E-state index is 0.105. The average Bonchev–Trinajstić information content (AvgIpc) is 3.06. The quantitative estimate of drug-likeness (QED) is 0.298. The molecule has 1 aliphatic heterocycles. The third-order valence-corrected chi connectivity index (χ3v) is 6.49. The molecule has 0 aromatic heterocycles. The molecule has 0 saturated carbocycles. The van der Waals surface area contributed by atoms with Crippen molar-refractivity contribution in [3.8, 4) is 0 Å². The maximum Gasteiger partial charge on any atom is 0.279 e. The number of nitro groups is 1. The molecule has 0 fully saturated rings. The Kier molecular flexibility index (Phi) is 5.78. The molecular weight excluding hydrogens is 426 g/mol. The third kappa shape index (κ3) is 4.48. The summed E-state index contributed by atoms with van der Waals surface area (Å²) >= 11 is 0. The number of nitrogens with zero attached hydrogens (tertiary/aromatic N) is 1. The van der Waals surface area contributed by atoms with Crippen molar-refractivity contribution >= 4 is 42.3 Å². The first-order valence-corrected chi connectivity index (χ1v) is 11.8. The second-order valence-electron chi connectivity index (χ2n) is 6.51. The van der Waals surface area contributed by atoms with Gasteiger partial charge in [-0.3, -0.25) is 14.3 Å². The van der Waals surface area contributed by atoms with E-state index in [0.29, 0.717) is 23.2 Å². The van der Waals surface area contributed by atoms with Gasteiger partial charge in [0.2, 0.25) is 10.0 Å². The summed E-state index contributed by atoms with van der Waals surface area (Å²) < 4.78 is 54.4. The van der Waals surface area contributed by atoms with Crippen LogP contribution in [0.3, 0.4) is 0 Å². The van der Waals surface area contributed by atoms with Crippen LogP contribution < -0.4 is 10.0 Å².